The Balaban J connectivity index is 1.73. The molecule has 1 fully saturated rings. The molecule has 1 aromatic rings. The van der Waals surface area contributed by atoms with Crippen LogP contribution < -0.4 is 10.1 Å². The second-order valence-corrected chi connectivity index (χ2v) is 6.63. The van der Waals surface area contributed by atoms with Gasteiger partial charge in [0.1, 0.15) is 11.3 Å². The second kappa shape index (κ2) is 5.00. The Bertz CT molecular complexity index is 619. The Morgan fingerprint density at radius 3 is 2.50 bits per heavy atom. The van der Waals surface area contributed by atoms with E-state index in [-0.39, 0.29) is 11.8 Å². The fourth-order valence-corrected chi connectivity index (χ4v) is 2.99. The molecule has 3 rings (SSSR count). The molecule has 1 aliphatic carbocycles. The average Bonchev–Trinajstić information content (AvgIpc) is 3.22. The lowest BCUT2D eigenvalue weighted by molar-refractivity contribution is -0.149. The third kappa shape index (κ3) is 2.45. The maximum atomic E-state index is 12.4. The Morgan fingerprint density at radius 1 is 1.27 bits per heavy atom. The standard InChI is InChI=1S/C17H21NO4/c1-9-6-11-8-14(22-13(11)7-10(9)2)15(19)18-17(3,16(20)21)12-4-5-12/h6-7,12,14H,4-5,8H2,1-3H3,(H,18,19)(H,20,21)/t14-,17-/m1/s1. The first-order valence-electron chi connectivity index (χ1n) is 7.63. The van der Waals surface area contributed by atoms with Gasteiger partial charge in [-0.25, -0.2) is 4.79 Å². The molecule has 2 atom stereocenters. The van der Waals surface area contributed by atoms with Crippen LogP contribution in [0.25, 0.3) is 0 Å². The van der Waals surface area contributed by atoms with E-state index < -0.39 is 17.6 Å². The number of hydrogen-bond acceptors (Lipinski definition) is 3. The van der Waals surface area contributed by atoms with Crippen LogP contribution in [0.1, 0.15) is 36.5 Å². The zero-order valence-electron chi connectivity index (χ0n) is 13.1. The van der Waals surface area contributed by atoms with Crippen molar-refractivity contribution < 1.29 is 19.4 Å². The lowest BCUT2D eigenvalue weighted by Gasteiger charge is -2.27. The zero-order valence-corrected chi connectivity index (χ0v) is 13.1. The summed E-state index contributed by atoms with van der Waals surface area (Å²) in [6, 6.07) is 3.98. The first-order valence-corrected chi connectivity index (χ1v) is 7.63. The van der Waals surface area contributed by atoms with Crippen molar-refractivity contribution in [2.45, 2.75) is 51.7 Å². The highest BCUT2D eigenvalue weighted by molar-refractivity contribution is 5.90. The van der Waals surface area contributed by atoms with Gasteiger partial charge in [-0.1, -0.05) is 6.07 Å². The van der Waals surface area contributed by atoms with Gasteiger partial charge < -0.3 is 15.2 Å². The van der Waals surface area contributed by atoms with E-state index in [2.05, 4.69) is 5.32 Å². The number of carbonyl (C=O) groups excluding carboxylic acids is 1. The summed E-state index contributed by atoms with van der Waals surface area (Å²) in [4.78, 5) is 23.9. The highest BCUT2D eigenvalue weighted by Crippen LogP contribution is 2.40. The number of nitrogens with one attached hydrogen (secondary N) is 1. The summed E-state index contributed by atoms with van der Waals surface area (Å²) >= 11 is 0. The first-order chi connectivity index (χ1) is 10.3. The first kappa shape index (κ1) is 14.9. The van der Waals surface area contributed by atoms with Gasteiger partial charge >= 0.3 is 5.97 Å². The Morgan fingerprint density at radius 2 is 1.91 bits per heavy atom. The van der Waals surface area contributed by atoms with Crippen LogP contribution in [0.2, 0.25) is 0 Å². The summed E-state index contributed by atoms with van der Waals surface area (Å²) in [6.07, 6.45) is 1.52. The molecule has 1 amide bonds. The molecule has 1 aromatic carbocycles. The number of hydrogen-bond donors (Lipinski definition) is 2. The zero-order chi connectivity index (χ0) is 16.1. The van der Waals surface area contributed by atoms with E-state index in [9.17, 15) is 14.7 Å². The minimum atomic E-state index is -1.19. The van der Waals surface area contributed by atoms with Crippen LogP contribution in [0.15, 0.2) is 12.1 Å². The quantitative estimate of drug-likeness (QED) is 0.892. The molecule has 1 saturated carbocycles. The molecule has 118 valence electrons. The van der Waals surface area contributed by atoms with Crippen molar-refractivity contribution in [2.75, 3.05) is 0 Å². The van der Waals surface area contributed by atoms with Gasteiger partial charge in [0.15, 0.2) is 6.10 Å². The van der Waals surface area contributed by atoms with E-state index in [1.165, 1.54) is 0 Å². The number of aliphatic carboxylic acids is 1. The van der Waals surface area contributed by atoms with E-state index in [0.29, 0.717) is 6.42 Å². The summed E-state index contributed by atoms with van der Waals surface area (Å²) in [6.45, 7) is 5.61. The Hall–Kier alpha value is -2.04. The molecule has 22 heavy (non-hydrogen) atoms. The number of benzene rings is 1. The van der Waals surface area contributed by atoms with E-state index in [0.717, 1.165) is 35.3 Å². The molecule has 2 N–H and O–H groups in total. The molecule has 0 bridgehead atoms. The topological polar surface area (TPSA) is 75.6 Å². The van der Waals surface area contributed by atoms with Crippen molar-refractivity contribution in [2.24, 2.45) is 5.92 Å². The van der Waals surface area contributed by atoms with Crippen LogP contribution in [-0.2, 0) is 16.0 Å². The van der Waals surface area contributed by atoms with Gasteiger partial charge in [0, 0.05) is 6.42 Å². The van der Waals surface area contributed by atoms with E-state index in [1.807, 2.05) is 26.0 Å². The van der Waals surface area contributed by atoms with Crippen LogP contribution >= 0.6 is 0 Å². The Labute approximate surface area is 129 Å². The summed E-state index contributed by atoms with van der Waals surface area (Å²) in [5, 5.41) is 12.1. The van der Waals surface area contributed by atoms with Crippen LogP contribution in [0, 0.1) is 19.8 Å². The third-order valence-corrected chi connectivity index (χ3v) is 4.86. The van der Waals surface area contributed by atoms with Crippen molar-refractivity contribution >= 4 is 11.9 Å². The van der Waals surface area contributed by atoms with Crippen molar-refractivity contribution in [1.29, 1.82) is 0 Å². The second-order valence-electron chi connectivity index (χ2n) is 6.63. The van der Waals surface area contributed by atoms with Crippen molar-refractivity contribution in [3.63, 3.8) is 0 Å². The predicted molar refractivity (Wildman–Crippen MR) is 80.9 cm³/mol. The maximum Gasteiger partial charge on any atom is 0.329 e. The molecule has 0 aromatic heterocycles. The number of ether oxygens (including phenoxy) is 1. The van der Waals surface area contributed by atoms with Gasteiger partial charge in [0.2, 0.25) is 0 Å². The van der Waals surface area contributed by atoms with Crippen LogP contribution in [0.5, 0.6) is 5.75 Å². The van der Waals surface area contributed by atoms with Crippen molar-refractivity contribution in [3.05, 3.63) is 28.8 Å². The molecule has 1 aliphatic heterocycles. The fraction of sp³-hybridized carbons (Fsp3) is 0.529. The fourth-order valence-electron chi connectivity index (χ4n) is 2.99. The van der Waals surface area contributed by atoms with Crippen LogP contribution in [0.4, 0.5) is 0 Å². The number of fused-ring (bicyclic) bond motifs is 1. The molecule has 0 unspecified atom stereocenters. The maximum absolute atomic E-state index is 12.4. The molecule has 5 heteroatoms. The highest BCUT2D eigenvalue weighted by Gasteiger charge is 2.49. The van der Waals surface area contributed by atoms with Crippen LogP contribution in [-0.4, -0.2) is 28.6 Å². The van der Waals surface area contributed by atoms with Gasteiger partial charge in [-0.2, -0.15) is 0 Å². The number of carboxylic acids is 1. The monoisotopic (exact) mass is 303 g/mol. The summed E-state index contributed by atoms with van der Waals surface area (Å²) < 4.78 is 5.73. The average molecular weight is 303 g/mol. The van der Waals surface area contributed by atoms with E-state index in [1.54, 1.807) is 6.92 Å². The highest BCUT2D eigenvalue weighted by atomic mass is 16.5. The summed E-state index contributed by atoms with van der Waals surface area (Å²) in [5.74, 6) is -0.581. The van der Waals surface area contributed by atoms with Crippen molar-refractivity contribution in [1.82, 2.24) is 5.32 Å². The summed E-state index contributed by atoms with van der Waals surface area (Å²) in [7, 11) is 0. The summed E-state index contributed by atoms with van der Waals surface area (Å²) in [5.41, 5.74) is 2.10. The van der Waals surface area contributed by atoms with Gasteiger partial charge in [-0.3, -0.25) is 4.79 Å². The van der Waals surface area contributed by atoms with Crippen molar-refractivity contribution in [3.8, 4) is 5.75 Å². The minimum absolute atomic E-state index is 0.0159. The number of amides is 1. The molecule has 0 spiro atoms. The minimum Gasteiger partial charge on any atom is -0.480 e. The molecular formula is C17H21NO4. The van der Waals surface area contributed by atoms with E-state index >= 15 is 0 Å². The van der Waals surface area contributed by atoms with Crippen LogP contribution in [0.3, 0.4) is 0 Å². The molecular weight excluding hydrogens is 282 g/mol. The van der Waals surface area contributed by atoms with Gasteiger partial charge in [-0.05, 0) is 62.3 Å². The molecule has 0 saturated heterocycles. The molecule has 2 aliphatic rings. The number of aryl methyl sites for hydroxylation is 2. The van der Waals surface area contributed by atoms with Gasteiger partial charge in [0.25, 0.3) is 5.91 Å². The lowest BCUT2D eigenvalue weighted by Crippen LogP contribution is -2.57. The normalized spacial score (nSPS) is 22.4. The number of carbonyl (C=O) groups is 2. The molecule has 0 radical (unpaired) electrons. The smallest absolute Gasteiger partial charge is 0.329 e. The Kier molecular flexibility index (Phi) is 3.38. The number of carboxylic acid groups (broad SMARTS) is 1. The van der Waals surface area contributed by atoms with Gasteiger partial charge in [0.05, 0.1) is 0 Å². The molecule has 1 heterocycles. The van der Waals surface area contributed by atoms with E-state index in [4.69, 9.17) is 4.74 Å². The molecule has 5 nitrogen and oxygen atoms in total. The lowest BCUT2D eigenvalue weighted by atomic mass is 9.95. The predicted octanol–water partition coefficient (Wildman–Crippen LogP) is 1.98. The number of rotatable bonds is 4. The third-order valence-electron chi connectivity index (χ3n) is 4.86. The largest absolute Gasteiger partial charge is 0.480 e. The SMILES string of the molecule is Cc1cc2c(cc1C)O[C@@H](C(=O)N[C@@](C)(C(=O)O)C1CC1)C2. The van der Waals surface area contributed by atoms with Gasteiger partial charge in [-0.15, -0.1) is 0 Å².